The Morgan fingerprint density at radius 2 is 1.96 bits per heavy atom. The van der Waals surface area contributed by atoms with E-state index in [0.29, 0.717) is 19.5 Å². The molecule has 0 aromatic carbocycles. The Labute approximate surface area is 155 Å². The summed E-state index contributed by atoms with van der Waals surface area (Å²) in [5.41, 5.74) is 5.26. The fourth-order valence-corrected chi connectivity index (χ4v) is 4.09. The van der Waals surface area contributed by atoms with E-state index in [9.17, 15) is 13.2 Å². The molecule has 144 valence electrons. The molecule has 0 aliphatic carbocycles. The van der Waals surface area contributed by atoms with Crippen molar-refractivity contribution in [2.45, 2.75) is 57.7 Å². The standard InChI is InChI=1S/C16H27N3O4S.ClH/c1-15(2,3)18-24(21,22)13-7-6-11(23-13)14(20)19-9-8-12(17)16(4,5)10-19;/h6-7,12,18H,8-10,17H2,1-5H3;1H. The number of hydrogen-bond donors (Lipinski definition) is 2. The number of amides is 1. The lowest BCUT2D eigenvalue weighted by Crippen LogP contribution is -2.53. The van der Waals surface area contributed by atoms with Crippen LogP contribution >= 0.6 is 12.4 Å². The molecule has 0 saturated carbocycles. The molecular formula is C16H28ClN3O4S. The molecule has 0 bridgehead atoms. The zero-order valence-corrected chi connectivity index (χ0v) is 17.0. The molecule has 1 amide bonds. The molecule has 1 fully saturated rings. The highest BCUT2D eigenvalue weighted by Gasteiger charge is 2.36. The summed E-state index contributed by atoms with van der Waals surface area (Å²) in [5.74, 6) is -0.289. The van der Waals surface area contributed by atoms with Crippen molar-refractivity contribution in [3.8, 4) is 0 Å². The van der Waals surface area contributed by atoms with Crippen LogP contribution in [0.1, 0.15) is 51.6 Å². The van der Waals surface area contributed by atoms with Crippen LogP contribution in [0.25, 0.3) is 0 Å². The first kappa shape index (κ1) is 22.0. The van der Waals surface area contributed by atoms with Gasteiger partial charge >= 0.3 is 0 Å². The third-order valence-corrected chi connectivity index (χ3v) is 5.73. The van der Waals surface area contributed by atoms with Crippen molar-refractivity contribution in [3.63, 3.8) is 0 Å². The summed E-state index contributed by atoms with van der Waals surface area (Å²) in [6, 6.07) is 2.74. The third-order valence-electron chi connectivity index (χ3n) is 4.10. The van der Waals surface area contributed by atoms with Crippen LogP contribution in [0.3, 0.4) is 0 Å². The lowest BCUT2D eigenvalue weighted by atomic mass is 9.79. The largest absolute Gasteiger partial charge is 0.438 e. The second-order valence-electron chi connectivity index (χ2n) is 8.08. The zero-order valence-electron chi connectivity index (χ0n) is 15.3. The number of hydrogen-bond acceptors (Lipinski definition) is 5. The van der Waals surface area contributed by atoms with E-state index in [1.54, 1.807) is 25.7 Å². The Morgan fingerprint density at radius 3 is 2.48 bits per heavy atom. The first-order valence-corrected chi connectivity index (χ1v) is 9.49. The monoisotopic (exact) mass is 393 g/mol. The highest BCUT2D eigenvalue weighted by atomic mass is 35.5. The quantitative estimate of drug-likeness (QED) is 0.816. The molecule has 1 atom stereocenters. The van der Waals surface area contributed by atoms with Crippen LogP contribution in [0.5, 0.6) is 0 Å². The van der Waals surface area contributed by atoms with Crippen molar-refractivity contribution in [2.24, 2.45) is 11.1 Å². The first-order chi connectivity index (χ1) is 10.8. The average Bonchev–Trinajstić information content (AvgIpc) is 2.88. The fourth-order valence-electron chi connectivity index (χ4n) is 2.74. The number of rotatable bonds is 3. The number of nitrogens with two attached hydrogens (primary N) is 1. The Balaban J connectivity index is 0.00000312. The number of nitrogens with one attached hydrogen (secondary N) is 1. The smallest absolute Gasteiger partial charge is 0.289 e. The molecule has 3 N–H and O–H groups in total. The van der Waals surface area contributed by atoms with E-state index in [1.165, 1.54) is 12.1 Å². The van der Waals surface area contributed by atoms with Gasteiger partial charge in [0, 0.05) is 24.7 Å². The maximum atomic E-state index is 12.6. The van der Waals surface area contributed by atoms with Gasteiger partial charge in [0.15, 0.2) is 5.76 Å². The van der Waals surface area contributed by atoms with Crippen molar-refractivity contribution in [3.05, 3.63) is 17.9 Å². The number of sulfonamides is 1. The van der Waals surface area contributed by atoms with Crippen LogP contribution < -0.4 is 10.5 Å². The molecule has 7 nitrogen and oxygen atoms in total. The summed E-state index contributed by atoms with van der Waals surface area (Å²) in [5, 5.41) is -0.256. The van der Waals surface area contributed by atoms with Gasteiger partial charge in [-0.2, -0.15) is 0 Å². The average molecular weight is 394 g/mol. The molecule has 1 aromatic rings. The van der Waals surface area contributed by atoms with E-state index in [-0.39, 0.29) is 40.6 Å². The Morgan fingerprint density at radius 1 is 1.36 bits per heavy atom. The minimum absolute atomic E-state index is 0. The first-order valence-electron chi connectivity index (χ1n) is 8.00. The van der Waals surface area contributed by atoms with Crippen molar-refractivity contribution in [1.29, 1.82) is 0 Å². The molecular weight excluding hydrogens is 366 g/mol. The molecule has 2 rings (SSSR count). The molecule has 1 aliphatic rings. The van der Waals surface area contributed by atoms with Crippen LogP contribution in [-0.4, -0.2) is 43.9 Å². The van der Waals surface area contributed by atoms with Gasteiger partial charge in [0.2, 0.25) is 5.09 Å². The summed E-state index contributed by atoms with van der Waals surface area (Å²) in [4.78, 5) is 14.3. The molecule has 1 unspecified atom stereocenters. The van der Waals surface area contributed by atoms with E-state index < -0.39 is 15.6 Å². The minimum atomic E-state index is -3.80. The molecule has 2 heterocycles. The molecule has 9 heteroatoms. The molecule has 0 spiro atoms. The van der Waals surface area contributed by atoms with Crippen LogP contribution in [0.15, 0.2) is 21.6 Å². The molecule has 1 saturated heterocycles. The van der Waals surface area contributed by atoms with E-state index in [0.717, 1.165) is 0 Å². The minimum Gasteiger partial charge on any atom is -0.438 e. The number of furan rings is 1. The summed E-state index contributed by atoms with van der Waals surface area (Å²) < 4.78 is 32.4. The van der Waals surface area contributed by atoms with Gasteiger partial charge < -0.3 is 15.1 Å². The van der Waals surface area contributed by atoms with Gasteiger partial charge in [-0.05, 0) is 44.7 Å². The summed E-state index contributed by atoms with van der Waals surface area (Å²) in [7, 11) is -3.80. The topological polar surface area (TPSA) is 106 Å². The highest BCUT2D eigenvalue weighted by Crippen LogP contribution is 2.29. The predicted octanol–water partition coefficient (Wildman–Crippen LogP) is 1.98. The highest BCUT2D eigenvalue weighted by molar-refractivity contribution is 7.89. The normalized spacial score (nSPS) is 20.9. The molecule has 25 heavy (non-hydrogen) atoms. The van der Waals surface area contributed by atoms with Gasteiger partial charge in [-0.15, -0.1) is 12.4 Å². The van der Waals surface area contributed by atoms with E-state index in [2.05, 4.69) is 4.72 Å². The van der Waals surface area contributed by atoms with Gasteiger partial charge in [0.25, 0.3) is 15.9 Å². The van der Waals surface area contributed by atoms with E-state index >= 15 is 0 Å². The van der Waals surface area contributed by atoms with Gasteiger partial charge in [-0.3, -0.25) is 4.79 Å². The zero-order chi connectivity index (χ0) is 18.3. The Bertz CT molecular complexity index is 722. The lowest BCUT2D eigenvalue weighted by molar-refractivity contribution is 0.0498. The molecule has 1 aliphatic heterocycles. The lowest BCUT2D eigenvalue weighted by Gasteiger charge is -2.42. The number of piperidine rings is 1. The Kier molecular flexibility index (Phi) is 6.38. The van der Waals surface area contributed by atoms with Gasteiger partial charge in [0.05, 0.1) is 0 Å². The summed E-state index contributed by atoms with van der Waals surface area (Å²) in [6.07, 6.45) is 0.705. The number of nitrogens with zero attached hydrogens (tertiary/aromatic N) is 1. The SMILES string of the molecule is CC(C)(C)NS(=O)(=O)c1ccc(C(=O)N2CCC(N)C(C)(C)C2)o1.Cl. The molecule has 0 radical (unpaired) electrons. The van der Waals surface area contributed by atoms with E-state index in [4.69, 9.17) is 10.2 Å². The van der Waals surface area contributed by atoms with Crippen molar-refractivity contribution < 1.29 is 17.6 Å². The van der Waals surface area contributed by atoms with Gasteiger partial charge in [-0.25, -0.2) is 13.1 Å². The van der Waals surface area contributed by atoms with Gasteiger partial charge in [-0.1, -0.05) is 13.8 Å². The predicted molar refractivity (Wildman–Crippen MR) is 98.3 cm³/mol. The second kappa shape index (κ2) is 7.26. The number of likely N-dealkylation sites (tertiary alicyclic amines) is 1. The van der Waals surface area contributed by atoms with Crippen LogP contribution in [0.4, 0.5) is 0 Å². The van der Waals surface area contributed by atoms with Crippen LogP contribution in [-0.2, 0) is 10.0 Å². The maximum absolute atomic E-state index is 12.6. The number of halogens is 1. The number of carbonyl (C=O) groups excluding carboxylic acids is 1. The van der Waals surface area contributed by atoms with Crippen molar-refractivity contribution in [2.75, 3.05) is 13.1 Å². The number of carbonyl (C=O) groups is 1. The third kappa shape index (κ3) is 5.20. The maximum Gasteiger partial charge on any atom is 0.289 e. The van der Waals surface area contributed by atoms with Crippen molar-refractivity contribution in [1.82, 2.24) is 9.62 Å². The van der Waals surface area contributed by atoms with Crippen LogP contribution in [0.2, 0.25) is 0 Å². The Hall–Kier alpha value is -1.09. The van der Waals surface area contributed by atoms with Crippen molar-refractivity contribution >= 4 is 28.3 Å². The molecule has 1 aromatic heterocycles. The second-order valence-corrected chi connectivity index (χ2v) is 9.70. The fraction of sp³-hybridized carbons (Fsp3) is 0.688. The van der Waals surface area contributed by atoms with Crippen LogP contribution in [0, 0.1) is 5.41 Å². The summed E-state index contributed by atoms with van der Waals surface area (Å²) >= 11 is 0. The van der Waals surface area contributed by atoms with E-state index in [1.807, 2.05) is 13.8 Å². The summed E-state index contributed by atoms with van der Waals surface area (Å²) in [6.45, 7) is 10.3. The van der Waals surface area contributed by atoms with Gasteiger partial charge in [0.1, 0.15) is 0 Å².